The smallest absolute Gasteiger partial charge is 0.262 e. The Morgan fingerprint density at radius 2 is 1.95 bits per heavy atom. The Morgan fingerprint density at radius 3 is 2.58 bits per heavy atom. The van der Waals surface area contributed by atoms with Gasteiger partial charge < -0.3 is 0 Å². The summed E-state index contributed by atoms with van der Waals surface area (Å²) in [5, 5.41) is 1.40. The maximum absolute atomic E-state index is 12.6. The van der Waals surface area contributed by atoms with Gasteiger partial charge in [0.2, 0.25) is 0 Å². The molecule has 3 nitrogen and oxygen atoms in total. The third kappa shape index (κ3) is 1.79. The van der Waals surface area contributed by atoms with E-state index in [1.165, 1.54) is 21.9 Å². The second kappa shape index (κ2) is 4.47. The fraction of sp³-hybridized carbons (Fsp3) is 0.267. The maximum atomic E-state index is 12.6. The number of amides is 1. The van der Waals surface area contributed by atoms with Gasteiger partial charge in [-0.3, -0.25) is 9.63 Å². The fourth-order valence-corrected chi connectivity index (χ4v) is 3.68. The summed E-state index contributed by atoms with van der Waals surface area (Å²) in [6.45, 7) is 4.14. The molecule has 4 heteroatoms. The minimum atomic E-state index is -0.235. The molecule has 2 heterocycles. The summed E-state index contributed by atoms with van der Waals surface area (Å²) in [6.07, 6.45) is 0. The van der Waals surface area contributed by atoms with Crippen molar-refractivity contribution < 1.29 is 9.63 Å². The van der Waals surface area contributed by atoms with Crippen molar-refractivity contribution >= 4 is 22.9 Å². The van der Waals surface area contributed by atoms with Gasteiger partial charge in [-0.25, -0.2) is 0 Å². The number of nitrogens with zero attached hydrogens (tertiary/aromatic N) is 1. The molecule has 0 N–H and O–H groups in total. The van der Waals surface area contributed by atoms with E-state index in [2.05, 4.69) is 19.9 Å². The van der Waals surface area contributed by atoms with Crippen molar-refractivity contribution in [2.75, 3.05) is 12.2 Å². The molecule has 0 bridgehead atoms. The average Bonchev–Trinajstić information content (AvgIpc) is 2.85. The van der Waals surface area contributed by atoms with Crippen LogP contribution >= 0.6 is 11.3 Å². The van der Waals surface area contributed by atoms with Crippen LogP contribution in [0.2, 0.25) is 0 Å². The number of fused-ring (bicyclic) bond motifs is 1. The van der Waals surface area contributed by atoms with Gasteiger partial charge in [-0.2, -0.15) is 5.06 Å². The molecule has 0 radical (unpaired) electrons. The lowest BCUT2D eigenvalue weighted by atomic mass is 9.93. The molecule has 0 spiro atoms. The lowest BCUT2D eigenvalue weighted by Crippen LogP contribution is -2.27. The van der Waals surface area contributed by atoms with Crippen LogP contribution in [0.3, 0.4) is 0 Å². The van der Waals surface area contributed by atoms with Gasteiger partial charge >= 0.3 is 0 Å². The number of hydrogen-bond acceptors (Lipinski definition) is 3. The molecule has 98 valence electrons. The number of anilines is 1. The third-order valence-corrected chi connectivity index (χ3v) is 4.47. The molecule has 1 aliphatic rings. The molecule has 1 unspecified atom stereocenters. The van der Waals surface area contributed by atoms with E-state index in [1.54, 1.807) is 11.3 Å². The lowest BCUT2D eigenvalue weighted by Gasteiger charge is -2.14. The molecule has 19 heavy (non-hydrogen) atoms. The van der Waals surface area contributed by atoms with Crippen molar-refractivity contribution in [3.63, 3.8) is 0 Å². The number of para-hydroxylation sites is 1. The van der Waals surface area contributed by atoms with Crippen LogP contribution in [0.15, 0.2) is 30.3 Å². The van der Waals surface area contributed by atoms with E-state index >= 15 is 0 Å². The van der Waals surface area contributed by atoms with Crippen molar-refractivity contribution in [2.24, 2.45) is 0 Å². The fourth-order valence-electron chi connectivity index (χ4n) is 2.71. The quantitative estimate of drug-likeness (QED) is 0.839. The van der Waals surface area contributed by atoms with Crippen LogP contribution in [-0.4, -0.2) is 13.0 Å². The van der Waals surface area contributed by atoms with Gasteiger partial charge in [0.15, 0.2) is 0 Å². The monoisotopic (exact) mass is 273 g/mol. The zero-order valence-corrected chi connectivity index (χ0v) is 12.0. The molecule has 1 aromatic carbocycles. The van der Waals surface area contributed by atoms with E-state index in [0.717, 1.165) is 16.8 Å². The highest BCUT2D eigenvalue weighted by Crippen LogP contribution is 2.43. The molecule has 0 fully saturated rings. The Morgan fingerprint density at radius 1 is 1.21 bits per heavy atom. The summed E-state index contributed by atoms with van der Waals surface area (Å²) in [5.41, 5.74) is 2.97. The third-order valence-electron chi connectivity index (χ3n) is 3.49. The Kier molecular flexibility index (Phi) is 2.92. The Hall–Kier alpha value is -1.65. The van der Waals surface area contributed by atoms with E-state index in [9.17, 15) is 4.79 Å². The molecule has 1 atom stereocenters. The van der Waals surface area contributed by atoms with Crippen LogP contribution < -0.4 is 5.06 Å². The van der Waals surface area contributed by atoms with Crippen LogP contribution in [0.25, 0.3) is 0 Å². The van der Waals surface area contributed by atoms with Crippen molar-refractivity contribution in [3.05, 3.63) is 51.2 Å². The zero-order valence-electron chi connectivity index (χ0n) is 11.1. The average molecular weight is 273 g/mol. The summed E-state index contributed by atoms with van der Waals surface area (Å²) < 4.78 is 0. The maximum Gasteiger partial charge on any atom is 0.262 e. The second-order valence-corrected chi connectivity index (χ2v) is 6.14. The normalized spacial score (nSPS) is 17.9. The predicted molar refractivity (Wildman–Crippen MR) is 76.6 cm³/mol. The lowest BCUT2D eigenvalue weighted by molar-refractivity contribution is -0.124. The Bertz CT molecular complexity index is 647. The van der Waals surface area contributed by atoms with Crippen LogP contribution in [0.4, 0.5) is 5.69 Å². The molecular formula is C15H15NO2S. The van der Waals surface area contributed by atoms with Crippen LogP contribution in [0, 0.1) is 13.8 Å². The molecular weight excluding hydrogens is 258 g/mol. The first-order valence-corrected chi connectivity index (χ1v) is 6.99. The van der Waals surface area contributed by atoms with Crippen molar-refractivity contribution in [1.29, 1.82) is 0 Å². The highest BCUT2D eigenvalue weighted by molar-refractivity contribution is 7.12. The summed E-state index contributed by atoms with van der Waals surface area (Å²) >= 11 is 1.73. The molecule has 0 saturated heterocycles. The van der Waals surface area contributed by atoms with Crippen LogP contribution in [0.1, 0.15) is 26.8 Å². The van der Waals surface area contributed by atoms with Gasteiger partial charge in [-0.1, -0.05) is 18.2 Å². The topological polar surface area (TPSA) is 29.5 Å². The van der Waals surface area contributed by atoms with Gasteiger partial charge in [-0.05, 0) is 37.1 Å². The van der Waals surface area contributed by atoms with Gasteiger partial charge in [0, 0.05) is 9.75 Å². The van der Waals surface area contributed by atoms with Gasteiger partial charge in [0.05, 0.1) is 18.7 Å². The minimum Gasteiger partial charge on any atom is -0.271 e. The standard InChI is InChI=1S/C15H15NO2S/c1-9-8-12(10(2)19-9)14-11-6-4-5-7-13(11)16(18-3)15(14)17/h4-8,14H,1-3H3. The SMILES string of the molecule is CON1C(=O)C(c2cc(C)sc2C)c2ccccc21. The van der Waals surface area contributed by atoms with E-state index in [1.807, 2.05) is 24.3 Å². The van der Waals surface area contributed by atoms with Crippen molar-refractivity contribution in [1.82, 2.24) is 0 Å². The number of hydrogen-bond donors (Lipinski definition) is 0. The number of benzene rings is 1. The highest BCUT2D eigenvalue weighted by atomic mass is 32.1. The Balaban J connectivity index is 2.17. The summed E-state index contributed by atoms with van der Waals surface area (Å²) in [6, 6.07) is 9.92. The van der Waals surface area contributed by atoms with Gasteiger partial charge in [0.1, 0.15) is 0 Å². The predicted octanol–water partition coefficient (Wildman–Crippen LogP) is 3.40. The van der Waals surface area contributed by atoms with Gasteiger partial charge in [-0.15, -0.1) is 11.3 Å². The van der Waals surface area contributed by atoms with Crippen molar-refractivity contribution in [3.8, 4) is 0 Å². The summed E-state index contributed by atoms with van der Waals surface area (Å²) in [5.74, 6) is -0.245. The minimum absolute atomic E-state index is 0.00963. The van der Waals surface area contributed by atoms with Gasteiger partial charge in [0.25, 0.3) is 5.91 Å². The van der Waals surface area contributed by atoms with Crippen LogP contribution in [0.5, 0.6) is 0 Å². The molecule has 1 aromatic heterocycles. The number of hydroxylamine groups is 1. The summed E-state index contributed by atoms with van der Waals surface area (Å²) in [4.78, 5) is 20.2. The molecule has 0 aliphatic carbocycles. The molecule has 3 rings (SSSR count). The first-order chi connectivity index (χ1) is 9.13. The Labute approximate surface area is 116 Å². The number of carbonyl (C=O) groups is 1. The largest absolute Gasteiger partial charge is 0.271 e. The zero-order chi connectivity index (χ0) is 13.6. The van der Waals surface area contributed by atoms with E-state index < -0.39 is 0 Å². The second-order valence-electron chi connectivity index (χ2n) is 4.68. The van der Waals surface area contributed by atoms with E-state index in [4.69, 9.17) is 4.84 Å². The number of rotatable bonds is 2. The van der Waals surface area contributed by atoms with Crippen LogP contribution in [-0.2, 0) is 9.63 Å². The molecule has 1 aliphatic heterocycles. The number of thiophene rings is 1. The van der Waals surface area contributed by atoms with E-state index in [-0.39, 0.29) is 11.8 Å². The first kappa shape index (κ1) is 12.4. The molecule has 2 aromatic rings. The number of aryl methyl sites for hydroxylation is 2. The van der Waals surface area contributed by atoms with Crippen molar-refractivity contribution in [2.45, 2.75) is 19.8 Å². The van der Waals surface area contributed by atoms with E-state index in [0.29, 0.717) is 0 Å². The molecule has 0 saturated carbocycles. The molecule has 1 amide bonds. The number of carbonyl (C=O) groups excluding carboxylic acids is 1. The first-order valence-electron chi connectivity index (χ1n) is 6.17. The summed E-state index contributed by atoms with van der Waals surface area (Å²) in [7, 11) is 1.53. The highest BCUT2D eigenvalue weighted by Gasteiger charge is 2.39.